The summed E-state index contributed by atoms with van der Waals surface area (Å²) in [5.41, 5.74) is 1.52. The lowest BCUT2D eigenvalue weighted by Crippen LogP contribution is -1.88. The molecule has 0 saturated carbocycles. The molecule has 0 atom stereocenters. The number of aromatic nitrogens is 2. The number of hydrogen-bond acceptors (Lipinski definition) is 2. The largest absolute Gasteiger partial charge is 0.336 e. The Morgan fingerprint density at radius 2 is 2.31 bits per heavy atom. The first-order chi connectivity index (χ1) is 5.81. The monoisotopic (exact) mass is 176 g/mol. The van der Waals surface area contributed by atoms with Crippen molar-refractivity contribution >= 4 is 17.3 Å². The fourth-order valence-corrected chi connectivity index (χ4v) is 1.24. The van der Waals surface area contributed by atoms with Crippen molar-refractivity contribution in [2.75, 3.05) is 0 Å². The van der Waals surface area contributed by atoms with Crippen molar-refractivity contribution in [2.45, 2.75) is 7.43 Å². The molecule has 2 aromatic rings. The van der Waals surface area contributed by atoms with Crippen molar-refractivity contribution < 1.29 is 4.79 Å². The molecule has 2 heterocycles. The number of nitrogens with zero attached hydrogens (tertiary/aromatic N) is 2. The second kappa shape index (κ2) is 3.39. The van der Waals surface area contributed by atoms with Crippen LogP contribution in [0, 0.1) is 0 Å². The molecule has 2 rings (SSSR count). The van der Waals surface area contributed by atoms with Gasteiger partial charge in [0.1, 0.15) is 5.65 Å². The minimum absolute atomic E-state index is 0. The average molecular weight is 176 g/mol. The van der Waals surface area contributed by atoms with Crippen LogP contribution in [0.25, 0.3) is 11.0 Å². The highest BCUT2D eigenvalue weighted by Crippen LogP contribution is 2.12. The molecule has 0 aliphatic rings. The Balaban J connectivity index is 0.000000845. The van der Waals surface area contributed by atoms with Crippen molar-refractivity contribution in [3.8, 4) is 0 Å². The summed E-state index contributed by atoms with van der Waals surface area (Å²) in [5.74, 6) is 0. The third-order valence-electron chi connectivity index (χ3n) is 1.86. The van der Waals surface area contributed by atoms with Gasteiger partial charge in [-0.2, -0.15) is 0 Å². The van der Waals surface area contributed by atoms with Crippen LogP contribution < -0.4 is 0 Å². The molecule has 0 spiro atoms. The third-order valence-corrected chi connectivity index (χ3v) is 1.86. The summed E-state index contributed by atoms with van der Waals surface area (Å²) in [5, 5.41) is 1.00. The molecule has 0 saturated heterocycles. The summed E-state index contributed by atoms with van der Waals surface area (Å²) in [6.45, 7) is 0. The number of fused-ring (bicyclic) bond motifs is 1. The van der Waals surface area contributed by atoms with Gasteiger partial charge in [-0.25, -0.2) is 4.98 Å². The van der Waals surface area contributed by atoms with Crippen LogP contribution >= 0.6 is 0 Å². The molecular weight excluding hydrogens is 164 g/mol. The molecule has 2 aromatic heterocycles. The molecule has 3 nitrogen and oxygen atoms in total. The van der Waals surface area contributed by atoms with Crippen LogP contribution in [0.1, 0.15) is 17.8 Å². The molecule has 0 unspecified atom stereocenters. The maximum absolute atomic E-state index is 10.4. The lowest BCUT2D eigenvalue weighted by molar-refractivity contribution is 0.112. The van der Waals surface area contributed by atoms with Crippen LogP contribution in [0.15, 0.2) is 24.5 Å². The number of carbonyl (C=O) groups is 1. The molecule has 3 heteroatoms. The summed E-state index contributed by atoms with van der Waals surface area (Å²) >= 11 is 0. The lowest BCUT2D eigenvalue weighted by Gasteiger charge is -1.94. The molecule has 0 radical (unpaired) electrons. The van der Waals surface area contributed by atoms with Crippen molar-refractivity contribution in [2.24, 2.45) is 7.05 Å². The van der Waals surface area contributed by atoms with Crippen LogP contribution in [0.3, 0.4) is 0 Å². The van der Waals surface area contributed by atoms with Crippen LogP contribution in [-0.4, -0.2) is 15.8 Å². The Bertz CT molecular complexity index is 431. The predicted molar refractivity (Wildman–Crippen MR) is 52.8 cm³/mol. The van der Waals surface area contributed by atoms with E-state index in [9.17, 15) is 4.79 Å². The fraction of sp³-hybridized carbons (Fsp3) is 0.200. The van der Waals surface area contributed by atoms with Gasteiger partial charge in [0.25, 0.3) is 0 Å². The molecule has 0 aliphatic carbocycles. The average Bonchev–Trinajstić information content (AvgIpc) is 2.47. The minimum atomic E-state index is 0. The smallest absolute Gasteiger partial charge is 0.151 e. The highest BCUT2D eigenvalue weighted by atomic mass is 16.1. The maximum Gasteiger partial charge on any atom is 0.151 e. The van der Waals surface area contributed by atoms with Gasteiger partial charge in [-0.15, -0.1) is 0 Å². The molecule has 0 aliphatic heterocycles. The molecule has 0 aromatic carbocycles. The van der Waals surface area contributed by atoms with Gasteiger partial charge in [-0.3, -0.25) is 4.79 Å². The standard InChI is InChI=1S/C9H8N2O.CH4/c1-11-3-2-8-4-7(6-12)5-10-9(8)11;/h2-6H,1H3;1H4. The Labute approximate surface area is 77.0 Å². The molecule has 0 bridgehead atoms. The Morgan fingerprint density at radius 1 is 1.54 bits per heavy atom. The van der Waals surface area contributed by atoms with Gasteiger partial charge in [-0.05, 0) is 12.1 Å². The first kappa shape index (κ1) is 9.45. The van der Waals surface area contributed by atoms with E-state index in [1.807, 2.05) is 29.9 Å². The molecular formula is C10H12N2O. The van der Waals surface area contributed by atoms with E-state index < -0.39 is 0 Å². The fourth-order valence-electron chi connectivity index (χ4n) is 1.24. The van der Waals surface area contributed by atoms with E-state index in [0.29, 0.717) is 5.56 Å². The molecule has 68 valence electrons. The molecule has 0 fully saturated rings. The van der Waals surface area contributed by atoms with Crippen molar-refractivity contribution in [3.05, 3.63) is 30.1 Å². The van der Waals surface area contributed by atoms with Crippen LogP contribution in [0.2, 0.25) is 0 Å². The van der Waals surface area contributed by atoms with Crippen molar-refractivity contribution in [1.82, 2.24) is 9.55 Å². The van der Waals surface area contributed by atoms with E-state index in [1.165, 1.54) is 0 Å². The zero-order chi connectivity index (χ0) is 8.55. The van der Waals surface area contributed by atoms with Gasteiger partial charge in [0.15, 0.2) is 6.29 Å². The number of carbonyl (C=O) groups excluding carboxylic acids is 1. The zero-order valence-corrected chi connectivity index (χ0v) is 6.69. The third kappa shape index (κ3) is 1.45. The Kier molecular flexibility index (Phi) is 2.46. The summed E-state index contributed by atoms with van der Waals surface area (Å²) in [6, 6.07) is 3.77. The number of hydrogen-bond donors (Lipinski definition) is 0. The summed E-state index contributed by atoms with van der Waals surface area (Å²) in [7, 11) is 1.93. The van der Waals surface area contributed by atoms with Gasteiger partial charge in [0.05, 0.1) is 0 Å². The molecule has 13 heavy (non-hydrogen) atoms. The molecule has 0 N–H and O–H groups in total. The maximum atomic E-state index is 10.4. The summed E-state index contributed by atoms with van der Waals surface area (Å²) < 4.78 is 1.92. The number of aldehydes is 1. The van der Waals surface area contributed by atoms with E-state index >= 15 is 0 Å². The van der Waals surface area contributed by atoms with E-state index in [2.05, 4.69) is 4.98 Å². The second-order valence-corrected chi connectivity index (χ2v) is 2.73. The van der Waals surface area contributed by atoms with Crippen LogP contribution in [-0.2, 0) is 7.05 Å². The minimum Gasteiger partial charge on any atom is -0.336 e. The zero-order valence-electron chi connectivity index (χ0n) is 6.69. The van der Waals surface area contributed by atoms with Crippen molar-refractivity contribution in [3.63, 3.8) is 0 Å². The van der Waals surface area contributed by atoms with Gasteiger partial charge >= 0.3 is 0 Å². The summed E-state index contributed by atoms with van der Waals surface area (Å²) in [4.78, 5) is 14.6. The van der Waals surface area contributed by atoms with Gasteiger partial charge < -0.3 is 4.57 Å². The highest BCUT2D eigenvalue weighted by molar-refractivity contribution is 5.84. The van der Waals surface area contributed by atoms with E-state index in [0.717, 1.165) is 17.3 Å². The van der Waals surface area contributed by atoms with Crippen LogP contribution in [0.5, 0.6) is 0 Å². The number of aryl methyl sites for hydroxylation is 1. The van der Waals surface area contributed by atoms with E-state index in [-0.39, 0.29) is 7.43 Å². The number of pyridine rings is 1. The molecule has 0 amide bonds. The van der Waals surface area contributed by atoms with Gasteiger partial charge in [-0.1, -0.05) is 7.43 Å². The second-order valence-electron chi connectivity index (χ2n) is 2.73. The SMILES string of the molecule is C.Cn1ccc2cc(C=O)cnc21. The predicted octanol–water partition coefficient (Wildman–Crippen LogP) is 2.02. The van der Waals surface area contributed by atoms with E-state index in [1.54, 1.807) is 6.20 Å². The summed E-state index contributed by atoms with van der Waals surface area (Å²) in [6.07, 6.45) is 4.31. The lowest BCUT2D eigenvalue weighted by atomic mass is 10.2. The Hall–Kier alpha value is -1.64. The Morgan fingerprint density at radius 3 is 3.00 bits per heavy atom. The highest BCUT2D eigenvalue weighted by Gasteiger charge is 1.99. The van der Waals surface area contributed by atoms with Gasteiger partial charge in [0, 0.05) is 30.4 Å². The first-order valence-corrected chi connectivity index (χ1v) is 3.67. The van der Waals surface area contributed by atoms with Crippen LogP contribution in [0.4, 0.5) is 0 Å². The van der Waals surface area contributed by atoms with Crippen molar-refractivity contribution in [1.29, 1.82) is 0 Å². The number of rotatable bonds is 1. The quantitative estimate of drug-likeness (QED) is 0.623. The first-order valence-electron chi connectivity index (χ1n) is 3.67. The topological polar surface area (TPSA) is 34.9 Å². The van der Waals surface area contributed by atoms with E-state index in [4.69, 9.17) is 0 Å². The normalized spacial score (nSPS) is 9.62. The van der Waals surface area contributed by atoms with Gasteiger partial charge in [0.2, 0.25) is 0 Å².